The van der Waals surface area contributed by atoms with Crippen LogP contribution >= 0.6 is 0 Å². The summed E-state index contributed by atoms with van der Waals surface area (Å²) in [5.41, 5.74) is 0. The van der Waals surface area contributed by atoms with E-state index in [0.717, 1.165) is 0 Å². The fraction of sp³-hybridized carbons (Fsp3) is 1.00. The van der Waals surface area contributed by atoms with Gasteiger partial charge in [-0.2, -0.15) is 0 Å². The predicted octanol–water partition coefficient (Wildman–Crippen LogP) is -2.82. The van der Waals surface area contributed by atoms with Gasteiger partial charge in [0.15, 0.2) is 6.29 Å². The molecule has 1 aliphatic rings. The SMILES string of the molecule is CC(O)COC1O[C@H](CO)[C@H](O)[C@H](O)[C@H]1O. The fourth-order valence-corrected chi connectivity index (χ4v) is 1.44. The highest BCUT2D eigenvalue weighted by atomic mass is 16.7. The molecule has 0 bridgehead atoms. The zero-order chi connectivity index (χ0) is 12.3. The fourth-order valence-electron chi connectivity index (χ4n) is 1.44. The molecule has 0 aliphatic carbocycles. The maximum Gasteiger partial charge on any atom is 0.186 e. The second kappa shape index (κ2) is 5.87. The Balaban J connectivity index is 2.56. The van der Waals surface area contributed by atoms with Gasteiger partial charge in [0.25, 0.3) is 0 Å². The Hall–Kier alpha value is -0.280. The first-order valence-electron chi connectivity index (χ1n) is 5.07. The normalized spacial score (nSPS) is 42.0. The minimum Gasteiger partial charge on any atom is -0.394 e. The Morgan fingerprint density at radius 3 is 2.31 bits per heavy atom. The quantitative estimate of drug-likeness (QED) is 0.358. The lowest BCUT2D eigenvalue weighted by atomic mass is 9.99. The summed E-state index contributed by atoms with van der Waals surface area (Å²) in [4.78, 5) is 0. The average molecular weight is 238 g/mol. The average Bonchev–Trinajstić information content (AvgIpc) is 2.25. The van der Waals surface area contributed by atoms with E-state index in [1.165, 1.54) is 6.92 Å². The van der Waals surface area contributed by atoms with Gasteiger partial charge >= 0.3 is 0 Å². The first-order valence-corrected chi connectivity index (χ1v) is 5.07. The molecular weight excluding hydrogens is 220 g/mol. The summed E-state index contributed by atoms with van der Waals surface area (Å²) in [6.45, 7) is 0.909. The van der Waals surface area contributed by atoms with Crippen LogP contribution in [0.5, 0.6) is 0 Å². The standard InChI is InChI=1S/C9H18O7/c1-4(11)3-15-9-8(14)7(13)6(12)5(2-10)16-9/h4-14H,2-3H2,1H3/t4?,5-,6+,7+,8-,9?/m1/s1. The van der Waals surface area contributed by atoms with Crippen LogP contribution in [-0.4, -0.2) is 75.6 Å². The number of aliphatic hydroxyl groups is 5. The van der Waals surface area contributed by atoms with Gasteiger partial charge in [-0.3, -0.25) is 0 Å². The van der Waals surface area contributed by atoms with E-state index < -0.39 is 43.4 Å². The molecule has 1 fully saturated rings. The van der Waals surface area contributed by atoms with Gasteiger partial charge in [0.05, 0.1) is 19.3 Å². The van der Waals surface area contributed by atoms with E-state index in [4.69, 9.17) is 19.7 Å². The molecule has 1 aliphatic heterocycles. The lowest BCUT2D eigenvalue weighted by molar-refractivity contribution is -0.304. The van der Waals surface area contributed by atoms with Crippen molar-refractivity contribution >= 4 is 0 Å². The van der Waals surface area contributed by atoms with Crippen LogP contribution in [0.2, 0.25) is 0 Å². The Morgan fingerprint density at radius 2 is 1.81 bits per heavy atom. The highest BCUT2D eigenvalue weighted by molar-refractivity contribution is 4.88. The van der Waals surface area contributed by atoms with Crippen LogP contribution in [0.3, 0.4) is 0 Å². The maximum absolute atomic E-state index is 9.51. The highest BCUT2D eigenvalue weighted by Gasteiger charge is 2.43. The molecule has 0 saturated carbocycles. The van der Waals surface area contributed by atoms with Crippen molar-refractivity contribution in [3.63, 3.8) is 0 Å². The summed E-state index contributed by atoms with van der Waals surface area (Å²) in [6, 6.07) is 0. The van der Waals surface area contributed by atoms with Crippen molar-refractivity contribution in [2.75, 3.05) is 13.2 Å². The van der Waals surface area contributed by atoms with Crippen molar-refractivity contribution < 1.29 is 35.0 Å². The number of hydrogen-bond acceptors (Lipinski definition) is 7. The van der Waals surface area contributed by atoms with Crippen LogP contribution in [0.15, 0.2) is 0 Å². The zero-order valence-electron chi connectivity index (χ0n) is 8.93. The lowest BCUT2D eigenvalue weighted by Crippen LogP contribution is -2.59. The van der Waals surface area contributed by atoms with Gasteiger partial charge < -0.3 is 35.0 Å². The summed E-state index contributed by atoms with van der Waals surface area (Å²) >= 11 is 0. The molecule has 0 aromatic carbocycles. The van der Waals surface area contributed by atoms with E-state index in [-0.39, 0.29) is 6.61 Å². The van der Waals surface area contributed by atoms with Crippen LogP contribution in [0.25, 0.3) is 0 Å². The molecule has 0 aromatic rings. The van der Waals surface area contributed by atoms with E-state index >= 15 is 0 Å². The summed E-state index contributed by atoms with van der Waals surface area (Å²) in [7, 11) is 0. The minimum atomic E-state index is -1.45. The first kappa shape index (κ1) is 13.8. The number of ether oxygens (including phenoxy) is 2. The summed E-state index contributed by atoms with van der Waals surface area (Å²) < 4.78 is 10.0. The summed E-state index contributed by atoms with van der Waals surface area (Å²) in [5.74, 6) is 0. The molecular formula is C9H18O7. The Labute approximate surface area is 92.9 Å². The molecule has 7 nitrogen and oxygen atoms in total. The second-order valence-electron chi connectivity index (χ2n) is 3.88. The second-order valence-corrected chi connectivity index (χ2v) is 3.88. The Kier molecular flexibility index (Phi) is 5.06. The van der Waals surface area contributed by atoms with Gasteiger partial charge in [-0.1, -0.05) is 0 Å². The van der Waals surface area contributed by atoms with Crippen molar-refractivity contribution in [1.29, 1.82) is 0 Å². The van der Waals surface area contributed by atoms with Gasteiger partial charge in [-0.15, -0.1) is 0 Å². The van der Waals surface area contributed by atoms with Gasteiger partial charge in [-0.25, -0.2) is 0 Å². The first-order chi connectivity index (χ1) is 7.47. The highest BCUT2D eigenvalue weighted by Crippen LogP contribution is 2.21. The summed E-state index contributed by atoms with van der Waals surface area (Å²) in [6.07, 6.45) is -7.18. The molecule has 6 atom stereocenters. The van der Waals surface area contributed by atoms with Gasteiger partial charge in [0.2, 0.25) is 0 Å². The third-order valence-electron chi connectivity index (χ3n) is 2.35. The molecule has 16 heavy (non-hydrogen) atoms. The molecule has 0 aromatic heterocycles. The number of rotatable bonds is 4. The van der Waals surface area contributed by atoms with E-state index in [2.05, 4.69) is 0 Å². The molecule has 1 saturated heterocycles. The molecule has 5 N–H and O–H groups in total. The van der Waals surface area contributed by atoms with E-state index in [1.807, 2.05) is 0 Å². The third kappa shape index (κ3) is 3.11. The van der Waals surface area contributed by atoms with E-state index in [9.17, 15) is 15.3 Å². The van der Waals surface area contributed by atoms with Crippen molar-refractivity contribution in [2.24, 2.45) is 0 Å². The summed E-state index contributed by atoms with van der Waals surface area (Å²) in [5, 5.41) is 46.2. The predicted molar refractivity (Wildman–Crippen MR) is 51.4 cm³/mol. The van der Waals surface area contributed by atoms with Crippen molar-refractivity contribution in [2.45, 2.75) is 43.7 Å². The van der Waals surface area contributed by atoms with E-state index in [0.29, 0.717) is 0 Å². The van der Waals surface area contributed by atoms with Gasteiger partial charge in [-0.05, 0) is 6.92 Å². The Bertz CT molecular complexity index is 208. The van der Waals surface area contributed by atoms with Crippen molar-refractivity contribution in [3.8, 4) is 0 Å². The maximum atomic E-state index is 9.51. The van der Waals surface area contributed by atoms with Gasteiger partial charge in [0, 0.05) is 0 Å². The molecule has 0 radical (unpaired) electrons. The van der Waals surface area contributed by atoms with Crippen LogP contribution < -0.4 is 0 Å². The number of aliphatic hydroxyl groups excluding tert-OH is 5. The largest absolute Gasteiger partial charge is 0.394 e. The molecule has 0 amide bonds. The van der Waals surface area contributed by atoms with Crippen LogP contribution in [0, 0.1) is 0 Å². The van der Waals surface area contributed by atoms with Gasteiger partial charge in [0.1, 0.15) is 24.4 Å². The van der Waals surface area contributed by atoms with Crippen LogP contribution in [0.4, 0.5) is 0 Å². The zero-order valence-corrected chi connectivity index (χ0v) is 8.93. The van der Waals surface area contributed by atoms with Crippen molar-refractivity contribution in [1.82, 2.24) is 0 Å². The molecule has 1 rings (SSSR count). The lowest BCUT2D eigenvalue weighted by Gasteiger charge is -2.39. The topological polar surface area (TPSA) is 120 Å². The Morgan fingerprint density at radius 1 is 1.19 bits per heavy atom. The molecule has 7 heteroatoms. The molecule has 1 heterocycles. The van der Waals surface area contributed by atoms with Crippen molar-refractivity contribution in [3.05, 3.63) is 0 Å². The minimum absolute atomic E-state index is 0.0807. The number of hydrogen-bond donors (Lipinski definition) is 5. The molecule has 0 spiro atoms. The molecule has 2 unspecified atom stereocenters. The van der Waals surface area contributed by atoms with Crippen LogP contribution in [-0.2, 0) is 9.47 Å². The monoisotopic (exact) mass is 238 g/mol. The van der Waals surface area contributed by atoms with E-state index in [1.54, 1.807) is 0 Å². The smallest absolute Gasteiger partial charge is 0.186 e. The molecule has 96 valence electrons. The van der Waals surface area contributed by atoms with Crippen LogP contribution in [0.1, 0.15) is 6.92 Å². The third-order valence-corrected chi connectivity index (χ3v) is 2.35.